The van der Waals surface area contributed by atoms with Gasteiger partial charge in [-0.25, -0.2) is 0 Å². The van der Waals surface area contributed by atoms with Crippen LogP contribution in [0.15, 0.2) is 30.3 Å². The molecule has 3 N–H and O–H groups in total. The average molecular weight is 407 g/mol. The number of carbonyl (C=O) groups excluding carboxylic acids is 2. The third kappa shape index (κ3) is 5.07. The highest BCUT2D eigenvalue weighted by molar-refractivity contribution is 6.34. The van der Waals surface area contributed by atoms with Gasteiger partial charge in [-0.2, -0.15) is 0 Å². The van der Waals surface area contributed by atoms with Crippen molar-refractivity contribution in [1.82, 2.24) is 0 Å². The van der Waals surface area contributed by atoms with Crippen molar-refractivity contribution in [1.29, 1.82) is 0 Å². The second-order valence-corrected chi connectivity index (χ2v) is 6.02. The number of hydrogen-bond acceptors (Lipinski definition) is 5. The molecule has 0 heterocycles. The Bertz CT molecular complexity index is 843. The minimum absolute atomic E-state index is 0.155. The maximum atomic E-state index is 12.7. The lowest BCUT2D eigenvalue weighted by atomic mass is 10.1. The van der Waals surface area contributed by atoms with Gasteiger partial charge in [0.05, 0.1) is 30.4 Å². The zero-order chi connectivity index (χ0) is 20.7. The summed E-state index contributed by atoms with van der Waals surface area (Å²) in [6.45, 7) is 6.76. The first kappa shape index (κ1) is 21.4. The van der Waals surface area contributed by atoms with Crippen LogP contribution in [-0.2, 0) is 0 Å². The van der Waals surface area contributed by atoms with E-state index >= 15 is 0 Å². The van der Waals surface area contributed by atoms with Crippen molar-refractivity contribution in [3.63, 3.8) is 0 Å². The average Bonchev–Trinajstić information content (AvgIpc) is 2.64. The number of primary amides is 1. The van der Waals surface area contributed by atoms with E-state index in [0.717, 1.165) is 0 Å². The molecule has 0 saturated carbocycles. The Hall–Kier alpha value is -2.93. The molecule has 2 aromatic rings. The monoisotopic (exact) mass is 406 g/mol. The minimum Gasteiger partial charge on any atom is -0.490 e. The Balaban J connectivity index is 2.36. The van der Waals surface area contributed by atoms with Gasteiger partial charge in [-0.3, -0.25) is 9.59 Å². The van der Waals surface area contributed by atoms with Crippen molar-refractivity contribution >= 4 is 29.1 Å². The molecular weight excluding hydrogens is 384 g/mol. The molecule has 2 amide bonds. The molecule has 0 spiro atoms. The summed E-state index contributed by atoms with van der Waals surface area (Å²) >= 11 is 6.03. The molecule has 28 heavy (non-hydrogen) atoms. The molecular formula is C20H23ClN2O5. The summed E-state index contributed by atoms with van der Waals surface area (Å²) in [4.78, 5) is 24.0. The third-order valence-corrected chi connectivity index (χ3v) is 3.98. The normalized spacial score (nSPS) is 10.3. The molecule has 0 fully saturated rings. The Kier molecular flexibility index (Phi) is 7.52. The summed E-state index contributed by atoms with van der Waals surface area (Å²) in [5, 5.41) is 2.88. The number of rotatable bonds is 9. The molecule has 7 nitrogen and oxygen atoms in total. The fourth-order valence-electron chi connectivity index (χ4n) is 2.52. The first-order valence-corrected chi connectivity index (χ1v) is 9.26. The Morgan fingerprint density at radius 1 is 0.964 bits per heavy atom. The highest BCUT2D eigenvalue weighted by Gasteiger charge is 2.19. The topological polar surface area (TPSA) is 99.9 Å². The lowest BCUT2D eigenvalue weighted by molar-refractivity contribution is 0.0998. The highest BCUT2D eigenvalue weighted by atomic mass is 35.5. The van der Waals surface area contributed by atoms with Gasteiger partial charge in [0.2, 0.25) is 11.7 Å². The second-order valence-electron chi connectivity index (χ2n) is 5.61. The van der Waals surface area contributed by atoms with Crippen LogP contribution >= 0.6 is 11.6 Å². The number of halogens is 1. The van der Waals surface area contributed by atoms with Gasteiger partial charge in [0.15, 0.2) is 11.5 Å². The largest absolute Gasteiger partial charge is 0.490 e. The van der Waals surface area contributed by atoms with Gasteiger partial charge >= 0.3 is 0 Å². The van der Waals surface area contributed by atoms with E-state index < -0.39 is 11.8 Å². The number of amides is 2. The molecule has 0 atom stereocenters. The molecule has 2 aromatic carbocycles. The lowest BCUT2D eigenvalue weighted by Crippen LogP contribution is -2.15. The fourth-order valence-corrected chi connectivity index (χ4v) is 2.79. The zero-order valence-electron chi connectivity index (χ0n) is 16.0. The number of carbonyl (C=O) groups is 2. The molecule has 0 unspecified atom stereocenters. The van der Waals surface area contributed by atoms with E-state index in [2.05, 4.69) is 5.32 Å². The molecule has 150 valence electrons. The number of hydrogen-bond donors (Lipinski definition) is 2. The molecule has 0 saturated heterocycles. The molecule has 0 radical (unpaired) electrons. The number of benzene rings is 2. The molecule has 0 aromatic heterocycles. The summed E-state index contributed by atoms with van der Waals surface area (Å²) in [5.41, 5.74) is 6.16. The first-order valence-electron chi connectivity index (χ1n) is 8.88. The number of nitrogens with two attached hydrogens (primary N) is 1. The van der Waals surface area contributed by atoms with Crippen LogP contribution in [0.2, 0.25) is 5.02 Å². The van der Waals surface area contributed by atoms with E-state index in [1.54, 1.807) is 18.2 Å². The molecule has 0 bridgehead atoms. The van der Waals surface area contributed by atoms with E-state index in [9.17, 15) is 9.59 Å². The number of anilines is 1. The van der Waals surface area contributed by atoms with Crippen LogP contribution < -0.4 is 25.3 Å². The van der Waals surface area contributed by atoms with E-state index in [0.29, 0.717) is 48.3 Å². The number of ether oxygens (including phenoxy) is 3. The Morgan fingerprint density at radius 3 is 2.00 bits per heavy atom. The Morgan fingerprint density at radius 2 is 1.54 bits per heavy atom. The molecule has 2 rings (SSSR count). The quantitative estimate of drug-likeness (QED) is 0.658. The van der Waals surface area contributed by atoms with Gasteiger partial charge in [0.25, 0.3) is 5.91 Å². The molecule has 0 aliphatic rings. The second kappa shape index (κ2) is 9.85. The predicted octanol–water partition coefficient (Wildman–Crippen LogP) is 3.89. The van der Waals surface area contributed by atoms with Gasteiger partial charge in [-0.05, 0) is 51.1 Å². The standard InChI is InChI=1S/C20H23ClN2O5/c1-4-26-16-9-12(10-17(27-5-2)18(16)28-6-3)20(25)23-13-7-8-14(19(22)24)15(21)11-13/h7-11H,4-6H2,1-3H3,(H2,22,24)(H,23,25). The van der Waals surface area contributed by atoms with Crippen LogP contribution in [-0.4, -0.2) is 31.6 Å². The van der Waals surface area contributed by atoms with Crippen molar-refractivity contribution in [2.75, 3.05) is 25.1 Å². The fraction of sp³-hybridized carbons (Fsp3) is 0.300. The maximum Gasteiger partial charge on any atom is 0.255 e. The van der Waals surface area contributed by atoms with Gasteiger partial charge in [0, 0.05) is 11.3 Å². The summed E-state index contributed by atoms with van der Waals surface area (Å²) < 4.78 is 16.9. The van der Waals surface area contributed by atoms with Crippen LogP contribution in [0.3, 0.4) is 0 Å². The van der Waals surface area contributed by atoms with Crippen LogP contribution in [0.1, 0.15) is 41.5 Å². The van der Waals surface area contributed by atoms with Crippen LogP contribution in [0.4, 0.5) is 5.69 Å². The summed E-state index contributed by atoms with van der Waals surface area (Å²) in [5.74, 6) is 0.256. The van der Waals surface area contributed by atoms with Crippen molar-refractivity contribution in [3.05, 3.63) is 46.5 Å². The Labute approximate surface area is 168 Å². The van der Waals surface area contributed by atoms with Gasteiger partial charge < -0.3 is 25.3 Å². The van der Waals surface area contributed by atoms with E-state index in [-0.39, 0.29) is 10.6 Å². The van der Waals surface area contributed by atoms with E-state index in [1.807, 2.05) is 20.8 Å². The van der Waals surface area contributed by atoms with Crippen molar-refractivity contribution in [2.24, 2.45) is 5.73 Å². The van der Waals surface area contributed by atoms with E-state index in [4.69, 9.17) is 31.5 Å². The van der Waals surface area contributed by atoms with Crippen LogP contribution in [0.25, 0.3) is 0 Å². The summed E-state index contributed by atoms with van der Waals surface area (Å²) in [7, 11) is 0. The molecule has 0 aliphatic carbocycles. The van der Waals surface area contributed by atoms with Crippen molar-refractivity contribution in [3.8, 4) is 17.2 Å². The molecule has 0 aliphatic heterocycles. The van der Waals surface area contributed by atoms with Crippen molar-refractivity contribution < 1.29 is 23.8 Å². The van der Waals surface area contributed by atoms with Gasteiger partial charge in [-0.15, -0.1) is 0 Å². The predicted molar refractivity (Wildman–Crippen MR) is 108 cm³/mol. The van der Waals surface area contributed by atoms with Crippen molar-refractivity contribution in [2.45, 2.75) is 20.8 Å². The van der Waals surface area contributed by atoms with Gasteiger partial charge in [0.1, 0.15) is 0 Å². The van der Waals surface area contributed by atoms with Crippen LogP contribution in [0, 0.1) is 0 Å². The number of nitrogens with one attached hydrogen (secondary N) is 1. The summed E-state index contributed by atoms with van der Waals surface area (Å²) in [6.07, 6.45) is 0. The lowest BCUT2D eigenvalue weighted by Gasteiger charge is -2.17. The highest BCUT2D eigenvalue weighted by Crippen LogP contribution is 2.39. The van der Waals surface area contributed by atoms with Crippen LogP contribution in [0.5, 0.6) is 17.2 Å². The van der Waals surface area contributed by atoms with Gasteiger partial charge in [-0.1, -0.05) is 11.6 Å². The SMILES string of the molecule is CCOc1cc(C(=O)Nc2ccc(C(N)=O)c(Cl)c2)cc(OCC)c1OCC. The first-order chi connectivity index (χ1) is 13.4. The third-order valence-electron chi connectivity index (χ3n) is 3.66. The minimum atomic E-state index is -0.642. The van der Waals surface area contributed by atoms with E-state index in [1.165, 1.54) is 12.1 Å². The zero-order valence-corrected chi connectivity index (χ0v) is 16.8. The smallest absolute Gasteiger partial charge is 0.255 e. The maximum absolute atomic E-state index is 12.7. The summed E-state index contributed by atoms with van der Waals surface area (Å²) in [6, 6.07) is 7.64. The molecule has 8 heteroatoms.